The summed E-state index contributed by atoms with van der Waals surface area (Å²) in [5.41, 5.74) is 21.9. The molecular weight excluding hydrogens is 1200 g/mol. The van der Waals surface area contributed by atoms with Gasteiger partial charge in [-0.05, 0) is 92.7 Å². The summed E-state index contributed by atoms with van der Waals surface area (Å²) in [6.07, 6.45) is 13.5. The first kappa shape index (κ1) is 74.2. The lowest BCUT2D eigenvalue weighted by Crippen LogP contribution is -2.33. The zero-order chi connectivity index (χ0) is 66.0. The number of nitrogen functional groups attached to an aromatic ring is 3. The summed E-state index contributed by atoms with van der Waals surface area (Å²) in [4.78, 5) is 87.6. The zero-order valence-corrected chi connectivity index (χ0v) is 49.5. The monoisotopic (exact) mass is 1270 g/mol. The van der Waals surface area contributed by atoms with Gasteiger partial charge in [0, 0.05) is 24.4 Å². The van der Waals surface area contributed by atoms with E-state index < -0.39 is 45.3 Å². The van der Waals surface area contributed by atoms with E-state index in [1.54, 1.807) is 45.1 Å². The molecule has 488 valence electrons. The first-order valence-electron chi connectivity index (χ1n) is 27.6. The summed E-state index contributed by atoms with van der Waals surface area (Å²) in [6.45, 7) is 14.0. The highest BCUT2D eigenvalue weighted by Gasteiger charge is 2.34. The molecule has 91 heavy (non-hydrogen) atoms. The molecule has 0 fully saturated rings. The van der Waals surface area contributed by atoms with Gasteiger partial charge in [0.25, 0.3) is 0 Å². The van der Waals surface area contributed by atoms with Gasteiger partial charge in [-0.3, -0.25) is 34.9 Å². The molecule has 8 bridgehead atoms. The number of halogens is 4. The summed E-state index contributed by atoms with van der Waals surface area (Å²) in [6, 6.07) is 24.4. The largest absolute Gasteiger partial charge is 0.463 e. The molecule has 0 saturated carbocycles. The molecule has 6 N–H and O–H groups in total. The van der Waals surface area contributed by atoms with Crippen LogP contribution in [0, 0.1) is 20.2 Å². The second kappa shape index (κ2) is 39.7. The van der Waals surface area contributed by atoms with Crippen LogP contribution in [0.1, 0.15) is 80.8 Å². The van der Waals surface area contributed by atoms with Crippen molar-refractivity contribution in [3.63, 3.8) is 0 Å². The molecule has 5 heterocycles. The average molecular weight is 1270 g/mol. The molecule has 0 saturated heterocycles. The maximum absolute atomic E-state index is 12.7. The van der Waals surface area contributed by atoms with E-state index in [0.29, 0.717) is 50.2 Å². The van der Waals surface area contributed by atoms with Crippen LogP contribution in [0.25, 0.3) is 0 Å². The van der Waals surface area contributed by atoms with Crippen LogP contribution in [0.4, 0.5) is 79.0 Å². The number of hydrogen-bond donors (Lipinski definition) is 3. The Morgan fingerprint density at radius 3 is 1.74 bits per heavy atom. The van der Waals surface area contributed by atoms with E-state index in [1.807, 2.05) is 66.7 Å². The predicted octanol–water partition coefficient (Wildman–Crippen LogP) is 12.2. The second-order valence-corrected chi connectivity index (χ2v) is 18.4. The van der Waals surface area contributed by atoms with Gasteiger partial charge in [0.1, 0.15) is 11.6 Å². The Morgan fingerprint density at radius 2 is 1.18 bits per heavy atom. The van der Waals surface area contributed by atoms with E-state index in [4.69, 9.17) is 63.9 Å². The van der Waals surface area contributed by atoms with Crippen molar-refractivity contribution in [2.24, 2.45) is 0 Å². The molecule has 27 nitrogen and oxygen atoms in total. The van der Waals surface area contributed by atoms with Gasteiger partial charge >= 0.3 is 47.7 Å². The molecule has 0 aliphatic carbocycles. The van der Waals surface area contributed by atoms with Crippen LogP contribution in [0.2, 0.25) is 0 Å². The highest BCUT2D eigenvalue weighted by Crippen LogP contribution is 2.36. The van der Waals surface area contributed by atoms with Crippen molar-refractivity contribution >= 4 is 64.6 Å². The van der Waals surface area contributed by atoms with Crippen molar-refractivity contribution in [2.45, 2.75) is 86.4 Å². The number of amides is 3. The third-order valence-corrected chi connectivity index (χ3v) is 12.1. The fourth-order valence-electron chi connectivity index (χ4n) is 8.29. The number of fused-ring (bicyclic) bond motifs is 8. The third-order valence-electron chi connectivity index (χ3n) is 12.1. The van der Waals surface area contributed by atoms with Crippen molar-refractivity contribution in [1.82, 2.24) is 29.9 Å². The molecule has 0 atom stereocenters. The molecule has 2 aliphatic heterocycles. The minimum absolute atomic E-state index is 0. The predicted molar refractivity (Wildman–Crippen MR) is 333 cm³/mol. The maximum Gasteiger partial charge on any atom is 0.415 e. The van der Waals surface area contributed by atoms with Crippen LogP contribution < -0.4 is 46.1 Å². The van der Waals surface area contributed by atoms with Crippen molar-refractivity contribution in [2.75, 3.05) is 71.5 Å². The Labute approximate surface area is 521 Å². The van der Waals surface area contributed by atoms with E-state index in [1.165, 1.54) is 10.5 Å². The summed E-state index contributed by atoms with van der Waals surface area (Å²) in [5, 5.41) is 23.3. The van der Waals surface area contributed by atoms with Gasteiger partial charge in [0.15, 0.2) is 0 Å². The van der Waals surface area contributed by atoms with E-state index in [0.717, 1.165) is 44.9 Å². The Balaban J connectivity index is 0.000000346. The molecule has 8 rings (SSSR count). The van der Waals surface area contributed by atoms with Crippen LogP contribution in [0.15, 0.2) is 128 Å². The molecular formula is C60H72F4N14O13. The van der Waals surface area contributed by atoms with Crippen molar-refractivity contribution in [3.8, 4) is 18.0 Å². The quantitative estimate of drug-likeness (QED) is 0.0228. The van der Waals surface area contributed by atoms with Gasteiger partial charge in [-0.2, -0.15) is 29.9 Å². The summed E-state index contributed by atoms with van der Waals surface area (Å²) in [5.74, 6) is -0.800. The Morgan fingerprint density at radius 1 is 0.648 bits per heavy atom. The number of anilines is 6. The Bertz CT molecular complexity index is 3440. The molecule has 31 heteroatoms. The number of nitro groups is 2. The second-order valence-electron chi connectivity index (χ2n) is 18.4. The molecule has 3 aromatic heterocycles. The van der Waals surface area contributed by atoms with Crippen LogP contribution in [0.3, 0.4) is 0 Å². The van der Waals surface area contributed by atoms with E-state index in [2.05, 4.69) is 67.3 Å². The number of nitrogens with zero attached hydrogens (tertiary/aromatic N) is 11. The molecule has 0 radical (unpaired) electrons. The van der Waals surface area contributed by atoms with Crippen LogP contribution in [-0.2, 0) is 53.1 Å². The van der Waals surface area contributed by atoms with Crippen molar-refractivity contribution in [1.29, 1.82) is 0 Å². The lowest BCUT2D eigenvalue weighted by atomic mass is 10.1. The number of rotatable bonds is 14. The average Bonchev–Trinajstić information content (AvgIpc) is 0.859. The summed E-state index contributed by atoms with van der Waals surface area (Å²) >= 11 is 0. The number of nitrogens with two attached hydrogens (primary N) is 3. The van der Waals surface area contributed by atoms with E-state index in [9.17, 15) is 34.6 Å². The highest BCUT2D eigenvalue weighted by atomic mass is 20.0. The SMILES string of the molecule is C.C=CCCOc1nc(N)c([N+](=O)[O-])c(N(Cc2cccc(CC=C)c2)C(=O)OCC)n1.CCOC(=O)N1Cc2cccc(c2)C/C=C/CCOc2nc(N)c([N+](=O)[O-])c1n2.CCOC(=O)N1Cc2cccc(c2)C/C=C\CCOc2nc(N)cc1n2.FF.FF. The first-order chi connectivity index (χ1) is 43.5. The van der Waals surface area contributed by atoms with Gasteiger partial charge in [0.2, 0.25) is 23.3 Å². The molecule has 2 aliphatic rings. The fraction of sp³-hybridized carbons (Fsp3) is 0.317. The maximum atomic E-state index is 12.7. The summed E-state index contributed by atoms with van der Waals surface area (Å²) in [7, 11) is 0. The van der Waals surface area contributed by atoms with Gasteiger partial charge in [-0.15, -0.1) is 13.2 Å². The zero-order valence-electron chi connectivity index (χ0n) is 49.5. The molecule has 3 amide bonds. The van der Waals surface area contributed by atoms with Crippen LogP contribution in [-0.4, -0.2) is 97.7 Å². The van der Waals surface area contributed by atoms with Crippen molar-refractivity contribution in [3.05, 3.63) is 182 Å². The molecule has 3 aromatic carbocycles. The van der Waals surface area contributed by atoms with Crippen LogP contribution >= 0.6 is 0 Å². The summed E-state index contributed by atoms with van der Waals surface area (Å²) < 4.78 is 63.9. The smallest absolute Gasteiger partial charge is 0.415 e. The first-order valence-corrected chi connectivity index (χ1v) is 27.6. The van der Waals surface area contributed by atoms with Gasteiger partial charge < -0.3 is 45.6 Å². The van der Waals surface area contributed by atoms with Crippen LogP contribution in [0.5, 0.6) is 18.0 Å². The lowest BCUT2D eigenvalue weighted by molar-refractivity contribution is -0.383. The molecule has 0 unspecified atom stereocenters. The number of carbonyl (C=O) groups is 3. The number of aromatic nitrogens is 6. The lowest BCUT2D eigenvalue weighted by Gasteiger charge is -2.22. The standard InChI is InChI=1S/C21H25N5O5.C19H21N5O5.C19H22N4O3.CH4.2F2/c1-4-7-12-31-20-23-18(22)17(26(28)29)19(24-20)25(21(27)30-6-3)14-16-11-8-10-15(13-16)9-5-2;1-2-28-19(25)23-12-14-9-6-8-13(11-14)7-4-3-5-10-29-18-21-16(20)15(24(26)27)17(23)22-18;1-2-25-19(24)23-13-15-9-6-8-14(11-15)7-4-3-5-10-26-18-21-16(20)12-17(23)22-18;;2*1-2/h4-5,8,10-11,13H,1-2,6-7,9,12,14H2,3H3,(H2,22,23,24);3-4,6,8-9,11H,2,5,7,10,12H2,1H3,(H2,20,21,22);3-4,6,8-9,11-12H,2,5,7,10,13H2,1H3,(H2,20,21,22);1H4;;/b;4-3+;4-3-;;;. The number of allylic oxidation sites excluding steroid dienone is 3. The number of hydrogen-bond acceptors (Lipinski definition) is 22. The molecule has 0 spiro atoms. The minimum Gasteiger partial charge on any atom is -0.463 e. The number of benzene rings is 3. The minimum atomic E-state index is -0.810. The topological polar surface area (TPSA) is 358 Å². The van der Waals surface area contributed by atoms with Crippen molar-refractivity contribution < 1.29 is 70.9 Å². The third kappa shape index (κ3) is 23.2. The van der Waals surface area contributed by atoms with E-state index >= 15 is 0 Å². The normalized spacial score (nSPS) is 12.8. The number of ether oxygens (including phenoxy) is 6. The Hall–Kier alpha value is -11.0. The highest BCUT2D eigenvalue weighted by molar-refractivity contribution is 5.92. The van der Waals surface area contributed by atoms with Gasteiger partial charge in [-0.1, -0.05) is 117 Å². The number of carbonyl (C=O) groups excluding carboxylic acids is 3. The Kier molecular flexibility index (Phi) is 32.4. The van der Waals surface area contributed by atoms with Gasteiger partial charge in [-0.25, -0.2) is 14.4 Å². The van der Waals surface area contributed by atoms with Gasteiger partial charge in [0.05, 0.1) is 69.1 Å². The van der Waals surface area contributed by atoms with E-state index in [-0.39, 0.29) is 94.9 Å². The molecule has 6 aromatic rings. The fourth-order valence-corrected chi connectivity index (χ4v) is 8.29.